The Bertz CT molecular complexity index is 1010. The number of hydrogen-bond acceptors (Lipinski definition) is 8. The largest absolute Gasteiger partial charge is 0.490 e. The Morgan fingerprint density at radius 3 is 2.00 bits per heavy atom. The van der Waals surface area contributed by atoms with E-state index in [1.807, 2.05) is 42.5 Å². The molecule has 38 heavy (non-hydrogen) atoms. The van der Waals surface area contributed by atoms with E-state index in [4.69, 9.17) is 23.7 Å². The monoisotopic (exact) mass is 525 g/mol. The average Bonchev–Trinajstić information content (AvgIpc) is 2.94. The van der Waals surface area contributed by atoms with Gasteiger partial charge in [-0.05, 0) is 49.1 Å². The molecule has 9 nitrogen and oxygen atoms in total. The Morgan fingerprint density at radius 2 is 1.37 bits per heavy atom. The molecule has 1 amide bonds. The Morgan fingerprint density at radius 1 is 0.763 bits per heavy atom. The van der Waals surface area contributed by atoms with Gasteiger partial charge in [0.05, 0.1) is 13.2 Å². The molecule has 0 aliphatic rings. The fourth-order valence-electron chi connectivity index (χ4n) is 3.11. The summed E-state index contributed by atoms with van der Waals surface area (Å²) < 4.78 is 27.1. The van der Waals surface area contributed by atoms with E-state index in [-0.39, 0.29) is 19.8 Å². The zero-order valence-corrected chi connectivity index (χ0v) is 21.5. The van der Waals surface area contributed by atoms with Crippen molar-refractivity contribution >= 4 is 18.0 Å². The number of alkyl carbamates (subject to hydrolysis) is 1. The van der Waals surface area contributed by atoms with Crippen LogP contribution in [0, 0.1) is 0 Å². The number of amides is 1. The van der Waals surface area contributed by atoms with Gasteiger partial charge in [0.2, 0.25) is 0 Å². The minimum atomic E-state index is -0.661. The van der Waals surface area contributed by atoms with Gasteiger partial charge in [0.1, 0.15) is 24.7 Å². The number of esters is 2. The zero-order valence-electron chi connectivity index (χ0n) is 21.5. The number of carbonyl (C=O) groups excluding carboxylic acids is 3. The lowest BCUT2D eigenvalue weighted by Crippen LogP contribution is -2.36. The molecule has 0 aromatic heterocycles. The van der Waals surface area contributed by atoms with Gasteiger partial charge >= 0.3 is 18.0 Å². The van der Waals surface area contributed by atoms with Crippen molar-refractivity contribution in [3.8, 4) is 11.5 Å². The van der Waals surface area contributed by atoms with E-state index in [1.54, 1.807) is 12.1 Å². The van der Waals surface area contributed by atoms with E-state index >= 15 is 0 Å². The van der Waals surface area contributed by atoms with E-state index < -0.39 is 24.1 Å². The summed E-state index contributed by atoms with van der Waals surface area (Å²) in [6.45, 7) is 7.90. The first-order valence-corrected chi connectivity index (χ1v) is 12.4. The van der Waals surface area contributed by atoms with Crippen molar-refractivity contribution in [2.75, 3.05) is 33.0 Å². The molecule has 0 heterocycles. The van der Waals surface area contributed by atoms with Crippen LogP contribution >= 0.6 is 0 Å². The second kappa shape index (κ2) is 18.0. The average molecular weight is 526 g/mol. The zero-order chi connectivity index (χ0) is 27.4. The predicted molar refractivity (Wildman–Crippen MR) is 142 cm³/mol. The summed E-state index contributed by atoms with van der Waals surface area (Å²) in [4.78, 5) is 34.5. The highest BCUT2D eigenvalue weighted by Crippen LogP contribution is 2.15. The molecule has 0 saturated carbocycles. The van der Waals surface area contributed by atoms with Crippen LogP contribution in [-0.2, 0) is 30.2 Å². The molecule has 2 aromatic rings. The summed E-state index contributed by atoms with van der Waals surface area (Å²) in [5.41, 5.74) is 0.979. The van der Waals surface area contributed by atoms with Gasteiger partial charge < -0.3 is 29.0 Å². The summed E-state index contributed by atoms with van der Waals surface area (Å²) in [5, 5.41) is 2.72. The molecule has 204 valence electrons. The summed E-state index contributed by atoms with van der Waals surface area (Å²) in [7, 11) is 0. The molecule has 0 spiro atoms. The smallest absolute Gasteiger partial charge is 0.407 e. The maximum Gasteiger partial charge on any atom is 0.407 e. The van der Waals surface area contributed by atoms with Crippen LogP contribution in [0.5, 0.6) is 11.5 Å². The van der Waals surface area contributed by atoms with Gasteiger partial charge in [-0.3, -0.25) is 0 Å². The maximum absolute atomic E-state index is 12.3. The summed E-state index contributed by atoms with van der Waals surface area (Å²) in [6, 6.07) is 16.6. The Kier molecular flexibility index (Phi) is 14.2. The van der Waals surface area contributed by atoms with Gasteiger partial charge in [0.25, 0.3) is 0 Å². The molecule has 1 atom stereocenters. The van der Waals surface area contributed by atoms with E-state index in [0.717, 1.165) is 24.1 Å². The van der Waals surface area contributed by atoms with Crippen LogP contribution in [0.4, 0.5) is 4.79 Å². The number of ether oxygens (including phenoxy) is 5. The highest BCUT2D eigenvalue weighted by molar-refractivity contribution is 5.81. The van der Waals surface area contributed by atoms with Crippen LogP contribution < -0.4 is 14.8 Å². The van der Waals surface area contributed by atoms with E-state index in [9.17, 15) is 14.4 Å². The minimum absolute atomic E-state index is 0.0885. The molecule has 1 unspecified atom stereocenters. The quantitative estimate of drug-likeness (QED) is 0.132. The van der Waals surface area contributed by atoms with Crippen LogP contribution in [0.15, 0.2) is 79.9 Å². The summed E-state index contributed by atoms with van der Waals surface area (Å²) in [5.74, 6) is 0.354. The number of rotatable bonds is 18. The molecule has 0 bridgehead atoms. The molecule has 1 N–H and O–H groups in total. The molecular weight excluding hydrogens is 490 g/mol. The summed E-state index contributed by atoms with van der Waals surface area (Å²) in [6.07, 6.45) is 3.77. The van der Waals surface area contributed by atoms with Crippen molar-refractivity contribution < 1.29 is 38.1 Å². The highest BCUT2D eigenvalue weighted by atomic mass is 16.6. The highest BCUT2D eigenvalue weighted by Gasteiger charge is 2.17. The van der Waals surface area contributed by atoms with Gasteiger partial charge in [-0.25, -0.2) is 14.4 Å². The Balaban J connectivity index is 1.78. The molecule has 0 saturated heterocycles. The van der Waals surface area contributed by atoms with Gasteiger partial charge in [0, 0.05) is 25.1 Å². The van der Waals surface area contributed by atoms with Gasteiger partial charge in [-0.2, -0.15) is 0 Å². The van der Waals surface area contributed by atoms with Crippen LogP contribution in [0.2, 0.25) is 0 Å². The number of carbonyl (C=O) groups is 3. The maximum atomic E-state index is 12.3. The fourth-order valence-corrected chi connectivity index (χ4v) is 3.11. The van der Waals surface area contributed by atoms with Crippen LogP contribution in [-0.4, -0.2) is 57.1 Å². The van der Waals surface area contributed by atoms with Crippen molar-refractivity contribution in [1.82, 2.24) is 5.32 Å². The van der Waals surface area contributed by atoms with Crippen LogP contribution in [0.25, 0.3) is 0 Å². The Hall–Kier alpha value is -4.27. The molecule has 0 fully saturated rings. The summed E-state index contributed by atoms with van der Waals surface area (Å²) >= 11 is 0. The van der Waals surface area contributed by atoms with Gasteiger partial charge in [-0.15, -0.1) is 0 Å². The van der Waals surface area contributed by atoms with Crippen molar-refractivity contribution in [2.24, 2.45) is 0 Å². The van der Waals surface area contributed by atoms with E-state index in [1.165, 1.54) is 0 Å². The fraction of sp³-hybridized carbons (Fsp3) is 0.345. The third-order valence-electron chi connectivity index (χ3n) is 5.12. The van der Waals surface area contributed by atoms with Crippen molar-refractivity contribution in [3.63, 3.8) is 0 Å². The standard InChI is InChI=1S/C29H35NO8/c1-3-27(31)34-19-10-6-9-18-30-29(33)38-26(21-36-24-11-7-5-8-12-24)22-37-25-15-13-23(14-16-25)17-20-35-28(32)4-2/h3-5,7-8,11-16,26H,1-2,6,9-10,17-22H2,(H,30,33). The SMILES string of the molecule is C=CC(=O)OCCCCCNC(=O)OC(COc1ccccc1)COc1ccc(CCOC(=O)C=C)cc1. The Labute approximate surface area is 223 Å². The van der Waals surface area contributed by atoms with Crippen molar-refractivity contribution in [2.45, 2.75) is 31.8 Å². The molecule has 2 rings (SSSR count). The first-order valence-electron chi connectivity index (χ1n) is 12.4. The lowest BCUT2D eigenvalue weighted by molar-refractivity contribution is -0.138. The first-order chi connectivity index (χ1) is 18.5. The molecular formula is C29H35NO8. The molecule has 0 aliphatic heterocycles. The van der Waals surface area contributed by atoms with Crippen molar-refractivity contribution in [3.05, 3.63) is 85.5 Å². The number of para-hydroxylation sites is 1. The number of unbranched alkanes of at least 4 members (excludes halogenated alkanes) is 2. The van der Waals surface area contributed by atoms with Crippen LogP contribution in [0.3, 0.4) is 0 Å². The van der Waals surface area contributed by atoms with Gasteiger partial charge in [0.15, 0.2) is 6.10 Å². The van der Waals surface area contributed by atoms with E-state index in [2.05, 4.69) is 18.5 Å². The number of benzene rings is 2. The third kappa shape index (κ3) is 13.2. The second-order valence-electron chi connectivity index (χ2n) is 8.09. The lowest BCUT2D eigenvalue weighted by atomic mass is 10.1. The minimum Gasteiger partial charge on any atom is -0.490 e. The van der Waals surface area contributed by atoms with Crippen LogP contribution in [0.1, 0.15) is 24.8 Å². The predicted octanol–water partition coefficient (Wildman–Crippen LogP) is 4.41. The van der Waals surface area contributed by atoms with E-state index in [0.29, 0.717) is 43.9 Å². The normalized spacial score (nSPS) is 10.9. The van der Waals surface area contributed by atoms with Gasteiger partial charge in [-0.1, -0.05) is 43.5 Å². The number of hydrogen-bond donors (Lipinski definition) is 1. The second-order valence-corrected chi connectivity index (χ2v) is 8.09. The topological polar surface area (TPSA) is 109 Å². The third-order valence-corrected chi connectivity index (χ3v) is 5.12. The molecule has 0 radical (unpaired) electrons. The van der Waals surface area contributed by atoms with Crippen molar-refractivity contribution in [1.29, 1.82) is 0 Å². The molecule has 0 aliphatic carbocycles. The molecule has 9 heteroatoms. The number of nitrogens with one attached hydrogen (secondary N) is 1. The first kappa shape index (κ1) is 30.0. The molecule has 2 aromatic carbocycles. The lowest BCUT2D eigenvalue weighted by Gasteiger charge is -2.19.